The van der Waals surface area contributed by atoms with Crippen LogP contribution in [0.25, 0.3) is 0 Å². The second-order valence-electron chi connectivity index (χ2n) is 0.448. The molecule has 0 amide bonds. The molecule has 0 saturated heterocycles. The molecule has 0 atom stereocenters. The molecule has 0 heterocycles. The molecule has 8 heavy (non-hydrogen) atoms. The topological polar surface area (TPSA) is 106 Å². The summed E-state index contributed by atoms with van der Waals surface area (Å²) in [6.07, 6.45) is 0. The highest BCUT2D eigenvalue weighted by Gasteiger charge is 1.84. The standard InChI is InChI=1S/C2H4.H2O4S.H2O/c1-2;1-5(2,3)4;/h1-2H2;(H2,1,2,3,4);1H2. The molecule has 0 saturated carbocycles. The van der Waals surface area contributed by atoms with Crippen molar-refractivity contribution in [2.45, 2.75) is 0 Å². The van der Waals surface area contributed by atoms with Gasteiger partial charge in [0.1, 0.15) is 0 Å². The lowest BCUT2D eigenvalue weighted by Crippen LogP contribution is -1.89. The van der Waals surface area contributed by atoms with Crippen LogP contribution in [0.5, 0.6) is 0 Å². The summed E-state index contributed by atoms with van der Waals surface area (Å²) in [7, 11) is -4.67. The summed E-state index contributed by atoms with van der Waals surface area (Å²) in [5.41, 5.74) is 0. The average molecular weight is 144 g/mol. The quantitative estimate of drug-likeness (QED) is 0.347. The molecule has 0 aliphatic carbocycles. The van der Waals surface area contributed by atoms with Crippen molar-refractivity contribution in [2.75, 3.05) is 0 Å². The summed E-state index contributed by atoms with van der Waals surface area (Å²) >= 11 is 0. The second kappa shape index (κ2) is 6.57. The van der Waals surface area contributed by atoms with Crippen molar-refractivity contribution in [3.63, 3.8) is 0 Å². The van der Waals surface area contributed by atoms with Crippen molar-refractivity contribution < 1.29 is 23.0 Å². The van der Waals surface area contributed by atoms with E-state index in [0.717, 1.165) is 0 Å². The minimum absolute atomic E-state index is 0. The van der Waals surface area contributed by atoms with Gasteiger partial charge in [-0.25, -0.2) is 0 Å². The average Bonchev–Trinajstić information content (AvgIpc) is 1.36. The summed E-state index contributed by atoms with van der Waals surface area (Å²) in [4.78, 5) is 0. The largest absolute Gasteiger partial charge is 0.412 e. The van der Waals surface area contributed by atoms with Gasteiger partial charge in [-0.3, -0.25) is 9.11 Å². The highest BCUT2D eigenvalue weighted by molar-refractivity contribution is 7.79. The Morgan fingerprint density at radius 2 is 1.12 bits per heavy atom. The van der Waals surface area contributed by atoms with E-state index in [1.54, 1.807) is 0 Å². The van der Waals surface area contributed by atoms with Crippen molar-refractivity contribution in [3.05, 3.63) is 13.2 Å². The SMILES string of the molecule is C=C.O.O=S(=O)(O)O. The number of hydrogen-bond acceptors (Lipinski definition) is 2. The fraction of sp³-hybridized carbons (Fsp3) is 0. The Balaban J connectivity index is -0.0000000750. The van der Waals surface area contributed by atoms with E-state index >= 15 is 0 Å². The third kappa shape index (κ3) is 629. The van der Waals surface area contributed by atoms with Crippen molar-refractivity contribution in [1.29, 1.82) is 0 Å². The van der Waals surface area contributed by atoms with Crippen LogP contribution in [0, 0.1) is 0 Å². The van der Waals surface area contributed by atoms with Gasteiger partial charge in [-0.05, 0) is 0 Å². The molecule has 0 aliphatic heterocycles. The summed E-state index contributed by atoms with van der Waals surface area (Å²) in [5.74, 6) is 0. The molecule has 0 unspecified atom stereocenters. The van der Waals surface area contributed by atoms with Gasteiger partial charge in [0, 0.05) is 0 Å². The van der Waals surface area contributed by atoms with Gasteiger partial charge in [-0.15, -0.1) is 13.2 Å². The third-order valence-electron chi connectivity index (χ3n) is 0. The van der Waals surface area contributed by atoms with Gasteiger partial charge in [0.2, 0.25) is 0 Å². The summed E-state index contributed by atoms with van der Waals surface area (Å²) in [5, 5.41) is 0. The molecule has 52 valence electrons. The lowest BCUT2D eigenvalue weighted by atomic mass is 11.3. The first-order valence-electron chi connectivity index (χ1n) is 1.20. The second-order valence-corrected chi connectivity index (χ2v) is 1.34. The summed E-state index contributed by atoms with van der Waals surface area (Å²) in [6, 6.07) is 0. The van der Waals surface area contributed by atoms with Crippen molar-refractivity contribution >= 4 is 10.4 Å². The van der Waals surface area contributed by atoms with Crippen molar-refractivity contribution in [1.82, 2.24) is 0 Å². The Labute approximate surface area is 47.5 Å². The van der Waals surface area contributed by atoms with Gasteiger partial charge in [-0.1, -0.05) is 0 Å². The van der Waals surface area contributed by atoms with Gasteiger partial charge in [0.25, 0.3) is 0 Å². The van der Waals surface area contributed by atoms with Crippen LogP contribution in [-0.4, -0.2) is 23.0 Å². The van der Waals surface area contributed by atoms with Crippen LogP contribution >= 0.6 is 0 Å². The lowest BCUT2D eigenvalue weighted by Gasteiger charge is -1.68. The molecule has 6 heteroatoms. The molecule has 0 aromatic carbocycles. The Hall–Kier alpha value is -0.430. The number of hydrogen-bond donors (Lipinski definition) is 2. The van der Waals surface area contributed by atoms with Crippen LogP contribution in [0.15, 0.2) is 13.2 Å². The first-order valence-corrected chi connectivity index (χ1v) is 2.60. The van der Waals surface area contributed by atoms with E-state index in [2.05, 4.69) is 13.2 Å². The summed E-state index contributed by atoms with van der Waals surface area (Å²) < 4.78 is 31.6. The van der Waals surface area contributed by atoms with E-state index in [0.29, 0.717) is 0 Å². The van der Waals surface area contributed by atoms with E-state index in [-0.39, 0.29) is 5.48 Å². The predicted molar refractivity (Wildman–Crippen MR) is 29.0 cm³/mol. The molecule has 0 radical (unpaired) electrons. The molecule has 0 bridgehead atoms. The fourth-order valence-electron chi connectivity index (χ4n) is 0. The lowest BCUT2D eigenvalue weighted by molar-refractivity contribution is 0.381. The van der Waals surface area contributed by atoms with E-state index in [1.165, 1.54) is 0 Å². The minimum Gasteiger partial charge on any atom is -0.412 e. The molecule has 0 fully saturated rings. The van der Waals surface area contributed by atoms with E-state index in [4.69, 9.17) is 17.5 Å². The van der Waals surface area contributed by atoms with E-state index < -0.39 is 10.4 Å². The Bertz CT molecular complexity index is 104. The zero-order valence-corrected chi connectivity index (χ0v) is 4.85. The van der Waals surface area contributed by atoms with Crippen LogP contribution in [0.1, 0.15) is 0 Å². The monoisotopic (exact) mass is 144 g/mol. The van der Waals surface area contributed by atoms with Crippen LogP contribution in [0.3, 0.4) is 0 Å². The highest BCUT2D eigenvalue weighted by atomic mass is 32.3. The van der Waals surface area contributed by atoms with Crippen LogP contribution in [0.4, 0.5) is 0 Å². The van der Waals surface area contributed by atoms with Crippen molar-refractivity contribution in [2.24, 2.45) is 0 Å². The van der Waals surface area contributed by atoms with Gasteiger partial charge >= 0.3 is 10.4 Å². The van der Waals surface area contributed by atoms with Gasteiger partial charge in [0.05, 0.1) is 0 Å². The zero-order valence-electron chi connectivity index (χ0n) is 4.03. The Kier molecular flexibility index (Phi) is 12.8. The molecule has 0 aliphatic rings. The Morgan fingerprint density at radius 1 is 1.12 bits per heavy atom. The first-order chi connectivity index (χ1) is 3.00. The third-order valence-corrected chi connectivity index (χ3v) is 0. The van der Waals surface area contributed by atoms with E-state index in [1.807, 2.05) is 0 Å². The highest BCUT2D eigenvalue weighted by Crippen LogP contribution is 1.59. The van der Waals surface area contributed by atoms with Crippen LogP contribution < -0.4 is 0 Å². The zero-order chi connectivity index (χ0) is 6.50. The molecular weight excluding hydrogens is 136 g/mol. The molecule has 0 aromatic heterocycles. The van der Waals surface area contributed by atoms with Crippen molar-refractivity contribution in [3.8, 4) is 0 Å². The maximum atomic E-state index is 8.74. The van der Waals surface area contributed by atoms with Crippen LogP contribution in [-0.2, 0) is 10.4 Å². The first kappa shape index (κ1) is 15.6. The number of rotatable bonds is 0. The van der Waals surface area contributed by atoms with E-state index in [9.17, 15) is 0 Å². The molecule has 0 aromatic rings. The van der Waals surface area contributed by atoms with Gasteiger partial charge in [0.15, 0.2) is 0 Å². The summed E-state index contributed by atoms with van der Waals surface area (Å²) in [6.45, 7) is 6.00. The maximum Gasteiger partial charge on any atom is 0.394 e. The van der Waals surface area contributed by atoms with Gasteiger partial charge < -0.3 is 5.48 Å². The molecule has 0 spiro atoms. The smallest absolute Gasteiger partial charge is 0.394 e. The fourth-order valence-corrected chi connectivity index (χ4v) is 0. The normalized spacial score (nSPS) is 7.75. The van der Waals surface area contributed by atoms with Gasteiger partial charge in [-0.2, -0.15) is 8.42 Å². The molecule has 5 nitrogen and oxygen atoms in total. The molecule has 4 N–H and O–H groups in total. The minimum atomic E-state index is -4.67. The predicted octanol–water partition coefficient (Wildman–Crippen LogP) is -0.675. The maximum absolute atomic E-state index is 8.74. The molecule has 0 rings (SSSR count). The Morgan fingerprint density at radius 3 is 1.12 bits per heavy atom. The van der Waals surface area contributed by atoms with Crippen LogP contribution in [0.2, 0.25) is 0 Å². The molecular formula is C2H8O5S.